The van der Waals surface area contributed by atoms with Crippen molar-refractivity contribution in [3.63, 3.8) is 0 Å². The summed E-state index contributed by atoms with van der Waals surface area (Å²) >= 11 is 0. The first-order chi connectivity index (χ1) is 9.33. The SMILES string of the molecule is COCCOCC1CC(C(=O)O)CN1COC(C)(C)C. The van der Waals surface area contributed by atoms with Gasteiger partial charge in [-0.3, -0.25) is 9.69 Å². The van der Waals surface area contributed by atoms with Crippen LogP contribution < -0.4 is 0 Å². The van der Waals surface area contributed by atoms with Crippen molar-refractivity contribution in [3.05, 3.63) is 0 Å². The number of rotatable bonds is 8. The number of carboxylic acid groups (broad SMARTS) is 1. The maximum atomic E-state index is 11.1. The van der Waals surface area contributed by atoms with Crippen LogP contribution in [0.2, 0.25) is 0 Å². The van der Waals surface area contributed by atoms with Crippen LogP contribution in [-0.4, -0.2) is 67.8 Å². The van der Waals surface area contributed by atoms with E-state index in [1.807, 2.05) is 20.8 Å². The third kappa shape index (κ3) is 6.17. The summed E-state index contributed by atoms with van der Waals surface area (Å²) in [5.41, 5.74) is -0.233. The number of carbonyl (C=O) groups is 1. The van der Waals surface area contributed by atoms with Crippen LogP contribution in [0.1, 0.15) is 27.2 Å². The van der Waals surface area contributed by atoms with E-state index >= 15 is 0 Å². The van der Waals surface area contributed by atoms with Crippen molar-refractivity contribution in [3.8, 4) is 0 Å². The largest absolute Gasteiger partial charge is 0.481 e. The van der Waals surface area contributed by atoms with E-state index < -0.39 is 5.97 Å². The Kier molecular flexibility index (Phi) is 6.88. The Labute approximate surface area is 121 Å². The molecule has 20 heavy (non-hydrogen) atoms. The van der Waals surface area contributed by atoms with Gasteiger partial charge in [-0.1, -0.05) is 0 Å². The number of carboxylic acids is 1. The van der Waals surface area contributed by atoms with Gasteiger partial charge in [0.15, 0.2) is 0 Å². The Morgan fingerprint density at radius 3 is 2.60 bits per heavy atom. The predicted octanol–water partition coefficient (Wildman–Crippen LogP) is 1.20. The van der Waals surface area contributed by atoms with Gasteiger partial charge in [0, 0.05) is 19.7 Å². The lowest BCUT2D eigenvalue weighted by Crippen LogP contribution is -2.38. The Bertz CT molecular complexity index is 302. The molecular formula is C14H27NO5. The van der Waals surface area contributed by atoms with Crippen molar-refractivity contribution in [2.45, 2.75) is 38.8 Å². The summed E-state index contributed by atoms with van der Waals surface area (Å²) in [7, 11) is 1.63. The molecule has 0 radical (unpaired) electrons. The average Bonchev–Trinajstić information content (AvgIpc) is 2.75. The highest BCUT2D eigenvalue weighted by Crippen LogP contribution is 2.24. The second kappa shape index (κ2) is 7.93. The fraction of sp³-hybridized carbons (Fsp3) is 0.929. The molecule has 1 aliphatic heterocycles. The predicted molar refractivity (Wildman–Crippen MR) is 74.6 cm³/mol. The van der Waals surface area contributed by atoms with E-state index in [0.29, 0.717) is 39.5 Å². The van der Waals surface area contributed by atoms with Crippen molar-refractivity contribution in [1.82, 2.24) is 4.90 Å². The Hall–Kier alpha value is -0.690. The zero-order valence-electron chi connectivity index (χ0n) is 12.9. The first-order valence-electron chi connectivity index (χ1n) is 7.01. The quantitative estimate of drug-likeness (QED) is 0.677. The minimum absolute atomic E-state index is 0.0929. The van der Waals surface area contributed by atoms with Crippen molar-refractivity contribution in [1.29, 1.82) is 0 Å². The highest BCUT2D eigenvalue weighted by molar-refractivity contribution is 5.70. The first kappa shape index (κ1) is 17.4. The number of ether oxygens (including phenoxy) is 3. The molecule has 0 spiro atoms. The van der Waals surface area contributed by atoms with Crippen molar-refractivity contribution in [2.75, 3.05) is 40.2 Å². The Balaban J connectivity index is 2.46. The van der Waals surface area contributed by atoms with Crippen LogP contribution in [-0.2, 0) is 19.0 Å². The fourth-order valence-corrected chi connectivity index (χ4v) is 2.13. The molecule has 2 atom stereocenters. The molecule has 1 rings (SSSR count). The molecule has 0 aromatic rings. The van der Waals surface area contributed by atoms with Gasteiger partial charge in [0.2, 0.25) is 0 Å². The third-order valence-corrected chi connectivity index (χ3v) is 3.28. The number of hydrogen-bond donors (Lipinski definition) is 1. The van der Waals surface area contributed by atoms with E-state index in [2.05, 4.69) is 4.90 Å². The minimum atomic E-state index is -0.745. The van der Waals surface area contributed by atoms with Gasteiger partial charge in [-0.05, 0) is 27.2 Å². The zero-order valence-corrected chi connectivity index (χ0v) is 12.9. The molecular weight excluding hydrogens is 262 g/mol. The summed E-state index contributed by atoms with van der Waals surface area (Å²) in [6.45, 7) is 8.51. The van der Waals surface area contributed by atoms with Gasteiger partial charge >= 0.3 is 5.97 Å². The topological polar surface area (TPSA) is 68.2 Å². The van der Waals surface area contributed by atoms with Gasteiger partial charge < -0.3 is 19.3 Å². The number of nitrogens with zero attached hydrogens (tertiary/aromatic N) is 1. The van der Waals surface area contributed by atoms with E-state index in [-0.39, 0.29) is 17.6 Å². The molecule has 0 aromatic heterocycles. The highest BCUT2D eigenvalue weighted by Gasteiger charge is 2.36. The lowest BCUT2D eigenvalue weighted by Gasteiger charge is -2.28. The summed E-state index contributed by atoms with van der Waals surface area (Å²) in [6.07, 6.45) is 0.607. The number of hydrogen-bond acceptors (Lipinski definition) is 5. The van der Waals surface area contributed by atoms with Crippen LogP contribution in [0.5, 0.6) is 0 Å². The van der Waals surface area contributed by atoms with Gasteiger partial charge in [-0.15, -0.1) is 0 Å². The van der Waals surface area contributed by atoms with E-state index in [1.165, 1.54) is 0 Å². The van der Waals surface area contributed by atoms with Crippen molar-refractivity contribution in [2.24, 2.45) is 5.92 Å². The van der Waals surface area contributed by atoms with Crippen LogP contribution in [0.25, 0.3) is 0 Å². The number of methoxy groups -OCH3 is 1. The molecule has 0 bridgehead atoms. The maximum Gasteiger partial charge on any atom is 0.307 e. The van der Waals surface area contributed by atoms with Gasteiger partial charge in [-0.2, -0.15) is 0 Å². The molecule has 2 unspecified atom stereocenters. The minimum Gasteiger partial charge on any atom is -0.481 e. The summed E-state index contributed by atoms with van der Waals surface area (Å²) in [5.74, 6) is -1.08. The Morgan fingerprint density at radius 2 is 2.05 bits per heavy atom. The second-order valence-electron chi connectivity index (χ2n) is 6.15. The Morgan fingerprint density at radius 1 is 1.35 bits per heavy atom. The lowest BCUT2D eigenvalue weighted by atomic mass is 10.1. The van der Waals surface area contributed by atoms with Crippen molar-refractivity contribution < 1.29 is 24.1 Å². The first-order valence-corrected chi connectivity index (χ1v) is 7.01. The van der Waals surface area contributed by atoms with E-state index in [9.17, 15) is 4.79 Å². The lowest BCUT2D eigenvalue weighted by molar-refractivity contribution is -0.141. The van der Waals surface area contributed by atoms with Crippen LogP contribution in [0.3, 0.4) is 0 Å². The number of aliphatic carboxylic acids is 1. The van der Waals surface area contributed by atoms with E-state index in [0.717, 1.165) is 0 Å². The van der Waals surface area contributed by atoms with Gasteiger partial charge in [0.1, 0.15) is 6.73 Å². The van der Waals surface area contributed by atoms with Gasteiger partial charge in [0.25, 0.3) is 0 Å². The molecule has 0 amide bonds. The third-order valence-electron chi connectivity index (χ3n) is 3.28. The van der Waals surface area contributed by atoms with E-state index in [4.69, 9.17) is 19.3 Å². The van der Waals surface area contributed by atoms with Crippen LogP contribution in [0.4, 0.5) is 0 Å². The summed E-state index contributed by atoms with van der Waals surface area (Å²) in [4.78, 5) is 13.2. The molecule has 1 N–H and O–H groups in total. The average molecular weight is 289 g/mol. The smallest absolute Gasteiger partial charge is 0.307 e. The van der Waals surface area contributed by atoms with Gasteiger partial charge in [-0.25, -0.2) is 0 Å². The standard InChI is InChI=1S/C14H27NO5/c1-14(2,3)20-10-15-8-11(13(16)17)7-12(15)9-19-6-5-18-4/h11-12H,5-10H2,1-4H3,(H,16,17). The molecule has 0 saturated carbocycles. The molecule has 1 fully saturated rings. The van der Waals surface area contributed by atoms with Crippen LogP contribution in [0, 0.1) is 5.92 Å². The molecule has 0 aromatic carbocycles. The fourth-order valence-electron chi connectivity index (χ4n) is 2.13. The molecule has 118 valence electrons. The van der Waals surface area contributed by atoms with Crippen LogP contribution >= 0.6 is 0 Å². The summed E-state index contributed by atoms with van der Waals surface area (Å²) in [6, 6.07) is 0.0929. The van der Waals surface area contributed by atoms with Crippen molar-refractivity contribution >= 4 is 5.97 Å². The zero-order chi connectivity index (χ0) is 15.2. The molecule has 1 heterocycles. The monoisotopic (exact) mass is 289 g/mol. The summed E-state index contributed by atoms with van der Waals surface area (Å²) < 4.78 is 16.2. The second-order valence-corrected chi connectivity index (χ2v) is 6.15. The molecule has 1 aliphatic rings. The van der Waals surface area contributed by atoms with Crippen LogP contribution in [0.15, 0.2) is 0 Å². The summed E-state index contributed by atoms with van der Waals surface area (Å²) in [5, 5.41) is 9.16. The normalized spacial score (nSPS) is 24.2. The molecule has 6 nitrogen and oxygen atoms in total. The molecule has 6 heteroatoms. The van der Waals surface area contributed by atoms with E-state index in [1.54, 1.807) is 7.11 Å². The molecule has 1 saturated heterocycles. The highest BCUT2D eigenvalue weighted by atomic mass is 16.5. The maximum absolute atomic E-state index is 11.1. The number of likely N-dealkylation sites (tertiary alicyclic amines) is 1. The molecule has 0 aliphatic carbocycles. The van der Waals surface area contributed by atoms with Gasteiger partial charge in [0.05, 0.1) is 31.3 Å².